The van der Waals surface area contributed by atoms with Gasteiger partial charge in [0.25, 0.3) is 0 Å². The zero-order valence-electron chi connectivity index (χ0n) is 11.4. The largest absolute Gasteiger partial charge is 0.465 e. The molecule has 5 heteroatoms. The molecule has 0 amide bonds. The molecule has 0 radical (unpaired) electrons. The Morgan fingerprint density at radius 3 is 2.85 bits per heavy atom. The minimum absolute atomic E-state index is 0.0964. The second kappa shape index (κ2) is 6.22. The fourth-order valence-electron chi connectivity index (χ4n) is 2.10. The van der Waals surface area contributed by atoms with Crippen LogP contribution >= 0.6 is 15.9 Å². The third-order valence-electron chi connectivity index (χ3n) is 3.23. The first-order chi connectivity index (χ1) is 9.52. The molecule has 0 heterocycles. The van der Waals surface area contributed by atoms with Crippen molar-refractivity contribution in [2.45, 2.75) is 19.8 Å². The minimum atomic E-state index is -0.418. The topological polar surface area (TPSA) is 55.4 Å². The highest BCUT2D eigenvalue weighted by Crippen LogP contribution is 2.30. The fraction of sp³-hybridized carbons (Fsp3) is 0.333. The smallest absolute Gasteiger partial charge is 0.339 e. The van der Waals surface area contributed by atoms with E-state index < -0.39 is 5.97 Å². The lowest BCUT2D eigenvalue weighted by atomic mass is 9.93. The molecule has 4 nitrogen and oxygen atoms in total. The Labute approximate surface area is 126 Å². The van der Waals surface area contributed by atoms with Crippen molar-refractivity contribution >= 4 is 33.4 Å². The summed E-state index contributed by atoms with van der Waals surface area (Å²) in [4.78, 5) is 23.6. The van der Waals surface area contributed by atoms with Crippen LogP contribution in [0.4, 0.5) is 5.69 Å². The highest BCUT2D eigenvalue weighted by molar-refractivity contribution is 9.10. The molecule has 1 atom stereocenters. The monoisotopic (exact) mass is 337 g/mol. The van der Waals surface area contributed by atoms with Crippen molar-refractivity contribution in [1.82, 2.24) is 0 Å². The first kappa shape index (κ1) is 14.8. The van der Waals surface area contributed by atoms with Gasteiger partial charge in [0.15, 0.2) is 5.78 Å². The van der Waals surface area contributed by atoms with E-state index in [0.29, 0.717) is 33.8 Å². The number of carbonyl (C=O) groups excluding carboxylic acids is 2. The van der Waals surface area contributed by atoms with Gasteiger partial charge in [0.05, 0.1) is 28.5 Å². The number of hydrogen-bond acceptors (Lipinski definition) is 4. The Morgan fingerprint density at radius 1 is 1.45 bits per heavy atom. The van der Waals surface area contributed by atoms with Crippen LogP contribution in [0.2, 0.25) is 0 Å². The van der Waals surface area contributed by atoms with Crippen molar-refractivity contribution in [2.75, 3.05) is 12.4 Å². The Bertz CT molecular complexity index is 580. The molecular formula is C15H16BrNO3. The summed E-state index contributed by atoms with van der Waals surface area (Å²) in [5.74, 6) is 0.0649. The zero-order chi connectivity index (χ0) is 14.7. The van der Waals surface area contributed by atoms with Crippen molar-refractivity contribution in [2.24, 2.45) is 5.92 Å². The predicted octanol–water partition coefficient (Wildman–Crippen LogP) is 3.53. The second-order valence-electron chi connectivity index (χ2n) is 4.87. The van der Waals surface area contributed by atoms with Crippen LogP contribution in [0, 0.1) is 5.92 Å². The Kier molecular flexibility index (Phi) is 4.60. The van der Waals surface area contributed by atoms with Gasteiger partial charge >= 0.3 is 5.97 Å². The second-order valence-corrected chi connectivity index (χ2v) is 5.66. The van der Waals surface area contributed by atoms with Crippen LogP contribution in [0.1, 0.15) is 30.1 Å². The predicted molar refractivity (Wildman–Crippen MR) is 80.6 cm³/mol. The molecule has 0 aliphatic heterocycles. The molecule has 0 aromatic heterocycles. The molecule has 0 saturated carbocycles. The summed E-state index contributed by atoms with van der Waals surface area (Å²) in [5.41, 5.74) is 1.70. The van der Waals surface area contributed by atoms with Crippen molar-refractivity contribution in [3.05, 3.63) is 40.0 Å². The lowest BCUT2D eigenvalue weighted by Gasteiger charge is -2.19. The number of Topliss-reactive ketones (excluding diaryl/α,β-unsaturated/α-hetero) is 1. The third-order valence-corrected chi connectivity index (χ3v) is 4.09. The molecule has 0 fully saturated rings. The van der Waals surface area contributed by atoms with Gasteiger partial charge in [-0.3, -0.25) is 4.79 Å². The summed E-state index contributed by atoms with van der Waals surface area (Å²) < 4.78 is 5.32. The lowest BCUT2D eigenvalue weighted by Crippen LogP contribution is -2.19. The molecule has 20 heavy (non-hydrogen) atoms. The van der Waals surface area contributed by atoms with Gasteiger partial charge < -0.3 is 10.1 Å². The zero-order valence-corrected chi connectivity index (χ0v) is 13.0. The number of hydrogen-bond donors (Lipinski definition) is 1. The van der Waals surface area contributed by atoms with Crippen LogP contribution in [0.15, 0.2) is 34.4 Å². The number of halogens is 1. The summed E-state index contributed by atoms with van der Waals surface area (Å²) in [6, 6.07) is 5.22. The summed E-state index contributed by atoms with van der Waals surface area (Å²) in [6.07, 6.45) is 3.34. The van der Waals surface area contributed by atoms with Crippen molar-refractivity contribution in [3.8, 4) is 0 Å². The van der Waals surface area contributed by atoms with E-state index in [1.54, 1.807) is 12.1 Å². The molecule has 106 valence electrons. The average Bonchev–Trinajstić information content (AvgIpc) is 2.43. The van der Waals surface area contributed by atoms with Crippen molar-refractivity contribution < 1.29 is 14.3 Å². The highest BCUT2D eigenvalue weighted by Gasteiger charge is 2.20. The Balaban J connectivity index is 2.26. The number of ether oxygens (including phenoxy) is 1. The number of benzene rings is 1. The van der Waals surface area contributed by atoms with E-state index in [1.165, 1.54) is 7.11 Å². The number of anilines is 1. The maximum Gasteiger partial charge on any atom is 0.339 e. The van der Waals surface area contributed by atoms with Gasteiger partial charge in [-0.15, -0.1) is 0 Å². The van der Waals surface area contributed by atoms with Crippen LogP contribution in [-0.4, -0.2) is 18.9 Å². The normalized spacial score (nSPS) is 18.4. The quantitative estimate of drug-likeness (QED) is 0.857. The Morgan fingerprint density at radius 2 is 2.20 bits per heavy atom. The van der Waals surface area contributed by atoms with Gasteiger partial charge in [-0.1, -0.05) is 19.1 Å². The summed E-state index contributed by atoms with van der Waals surface area (Å²) >= 11 is 3.38. The standard InChI is InChI=1S/C15H16BrNO3/c1-9-6-7-11(13(18)8-9)17-12-5-3-4-10(14(12)16)15(19)20-2/h3-5,7,9,17H,6,8H2,1-2H3. The van der Waals surface area contributed by atoms with E-state index in [1.807, 2.05) is 12.1 Å². The first-order valence-electron chi connectivity index (χ1n) is 6.40. The third kappa shape index (κ3) is 3.10. The maximum atomic E-state index is 12.0. The number of allylic oxidation sites excluding steroid dienone is 2. The number of rotatable bonds is 3. The summed E-state index contributed by atoms with van der Waals surface area (Å²) in [5, 5.41) is 3.10. The van der Waals surface area contributed by atoms with Crippen LogP contribution in [0.3, 0.4) is 0 Å². The van der Waals surface area contributed by atoms with E-state index in [0.717, 1.165) is 6.42 Å². The van der Waals surface area contributed by atoms with Gasteiger partial charge in [0.1, 0.15) is 0 Å². The highest BCUT2D eigenvalue weighted by atomic mass is 79.9. The molecule has 1 aromatic carbocycles. The molecule has 1 aromatic rings. The van der Waals surface area contributed by atoms with E-state index >= 15 is 0 Å². The molecule has 2 rings (SSSR count). The van der Waals surface area contributed by atoms with E-state index in [4.69, 9.17) is 4.74 Å². The van der Waals surface area contributed by atoms with Crippen LogP contribution in [0.5, 0.6) is 0 Å². The molecule has 0 saturated heterocycles. The molecule has 1 N–H and O–H groups in total. The number of methoxy groups -OCH3 is 1. The minimum Gasteiger partial charge on any atom is -0.465 e. The van der Waals surface area contributed by atoms with Gasteiger partial charge in [-0.05, 0) is 40.4 Å². The van der Waals surface area contributed by atoms with Crippen LogP contribution in [0.25, 0.3) is 0 Å². The molecule has 1 aliphatic carbocycles. The number of carbonyl (C=O) groups is 2. The van der Waals surface area contributed by atoms with Gasteiger partial charge in [-0.25, -0.2) is 4.79 Å². The molecular weight excluding hydrogens is 322 g/mol. The maximum absolute atomic E-state index is 12.0. The average molecular weight is 338 g/mol. The summed E-state index contributed by atoms with van der Waals surface area (Å²) in [7, 11) is 1.34. The molecule has 1 unspecified atom stereocenters. The molecule has 1 aliphatic rings. The van der Waals surface area contributed by atoms with E-state index in [2.05, 4.69) is 28.2 Å². The number of esters is 1. The molecule has 0 spiro atoms. The number of ketones is 1. The SMILES string of the molecule is COC(=O)c1cccc(NC2=CCC(C)CC2=O)c1Br. The van der Waals surface area contributed by atoms with E-state index in [-0.39, 0.29) is 5.78 Å². The van der Waals surface area contributed by atoms with Gasteiger partial charge in [-0.2, -0.15) is 0 Å². The van der Waals surface area contributed by atoms with Gasteiger partial charge in [0.2, 0.25) is 0 Å². The van der Waals surface area contributed by atoms with E-state index in [9.17, 15) is 9.59 Å². The molecule has 0 bridgehead atoms. The first-order valence-corrected chi connectivity index (χ1v) is 7.19. The number of nitrogens with one attached hydrogen (secondary N) is 1. The van der Waals surface area contributed by atoms with Crippen molar-refractivity contribution in [1.29, 1.82) is 0 Å². The Hall–Kier alpha value is -1.62. The lowest BCUT2D eigenvalue weighted by molar-refractivity contribution is -0.116. The van der Waals surface area contributed by atoms with Gasteiger partial charge in [0, 0.05) is 6.42 Å². The fourth-order valence-corrected chi connectivity index (χ4v) is 2.63. The van der Waals surface area contributed by atoms with Crippen molar-refractivity contribution in [3.63, 3.8) is 0 Å². The van der Waals surface area contributed by atoms with Crippen LogP contribution in [-0.2, 0) is 9.53 Å². The summed E-state index contributed by atoms with van der Waals surface area (Å²) in [6.45, 7) is 2.05. The van der Waals surface area contributed by atoms with Crippen LogP contribution < -0.4 is 5.32 Å².